The lowest BCUT2D eigenvalue weighted by Crippen LogP contribution is -2.21. The minimum Gasteiger partial charge on any atom is -0.294 e. The van der Waals surface area contributed by atoms with E-state index in [1.165, 1.54) is 27.8 Å². The van der Waals surface area contributed by atoms with Crippen molar-refractivity contribution in [1.29, 1.82) is 0 Å². The summed E-state index contributed by atoms with van der Waals surface area (Å²) in [6.45, 7) is 6.52. The first kappa shape index (κ1) is 13.8. The third-order valence-electron chi connectivity index (χ3n) is 5.59. The zero-order valence-corrected chi connectivity index (χ0v) is 13.6. The zero-order valence-electron chi connectivity index (χ0n) is 13.6. The summed E-state index contributed by atoms with van der Waals surface area (Å²) in [5.74, 6) is 0.791. The number of ketones is 1. The van der Waals surface area contributed by atoms with Crippen LogP contribution in [0.4, 0.5) is 0 Å². The predicted molar refractivity (Wildman–Crippen MR) is 89.8 cm³/mol. The molecular weight excluding hydrogens is 268 g/mol. The minimum atomic E-state index is -0.0523. The summed E-state index contributed by atoms with van der Waals surface area (Å²) >= 11 is 0. The fourth-order valence-electron chi connectivity index (χ4n) is 4.33. The van der Waals surface area contributed by atoms with E-state index < -0.39 is 0 Å². The maximum Gasteiger partial charge on any atom is 0.164 e. The average molecular weight is 290 g/mol. The maximum absolute atomic E-state index is 12.7. The second-order valence-electron chi connectivity index (χ2n) is 7.30. The van der Waals surface area contributed by atoms with E-state index in [-0.39, 0.29) is 5.41 Å². The highest BCUT2D eigenvalue weighted by Crippen LogP contribution is 2.52. The molecule has 0 aromatic heterocycles. The largest absolute Gasteiger partial charge is 0.294 e. The predicted octanol–water partition coefficient (Wildman–Crippen LogP) is 4.94. The lowest BCUT2D eigenvalue weighted by molar-refractivity contribution is 0.0979. The molecule has 1 heteroatoms. The third-order valence-corrected chi connectivity index (χ3v) is 5.59. The maximum atomic E-state index is 12.7. The van der Waals surface area contributed by atoms with Crippen LogP contribution in [0.5, 0.6) is 0 Å². The molecule has 0 saturated heterocycles. The molecule has 0 aliphatic heterocycles. The van der Waals surface area contributed by atoms with Crippen molar-refractivity contribution in [2.24, 2.45) is 0 Å². The number of hydrogen-bond acceptors (Lipinski definition) is 1. The molecule has 0 saturated carbocycles. The third kappa shape index (κ3) is 1.75. The molecule has 0 N–H and O–H groups in total. The van der Waals surface area contributed by atoms with E-state index in [4.69, 9.17) is 0 Å². The van der Waals surface area contributed by atoms with E-state index in [0.717, 1.165) is 18.4 Å². The molecule has 0 bridgehead atoms. The van der Waals surface area contributed by atoms with Gasteiger partial charge >= 0.3 is 0 Å². The molecule has 1 atom stereocenters. The van der Waals surface area contributed by atoms with E-state index in [2.05, 4.69) is 57.2 Å². The number of fused-ring (bicyclic) bond motifs is 4. The highest BCUT2D eigenvalue weighted by molar-refractivity contribution is 6.03. The highest BCUT2D eigenvalue weighted by atomic mass is 16.1. The normalized spacial score (nSPS) is 22.5. The number of Topliss-reactive ketones (excluding diaryl/α,β-unsaturated/α-hetero) is 1. The minimum absolute atomic E-state index is 0.0523. The van der Waals surface area contributed by atoms with Crippen molar-refractivity contribution in [2.75, 3.05) is 0 Å². The molecular formula is C21H22O. The number of hydrogen-bond donors (Lipinski definition) is 0. The van der Waals surface area contributed by atoms with Crippen LogP contribution >= 0.6 is 0 Å². The Balaban J connectivity index is 1.93. The van der Waals surface area contributed by atoms with Crippen LogP contribution in [0.2, 0.25) is 0 Å². The van der Waals surface area contributed by atoms with Gasteiger partial charge in [-0.3, -0.25) is 4.79 Å². The summed E-state index contributed by atoms with van der Waals surface area (Å²) in [7, 11) is 0. The van der Waals surface area contributed by atoms with Gasteiger partial charge < -0.3 is 0 Å². The molecule has 22 heavy (non-hydrogen) atoms. The van der Waals surface area contributed by atoms with Gasteiger partial charge in [-0.05, 0) is 54.0 Å². The van der Waals surface area contributed by atoms with Gasteiger partial charge in [0.05, 0.1) is 0 Å². The monoisotopic (exact) mass is 290 g/mol. The molecule has 112 valence electrons. The fraction of sp³-hybridized carbons (Fsp3) is 0.381. The van der Waals surface area contributed by atoms with Crippen molar-refractivity contribution < 1.29 is 4.79 Å². The number of carbonyl (C=O) groups is 1. The Morgan fingerprint density at radius 3 is 2.64 bits per heavy atom. The number of carbonyl (C=O) groups excluding carboxylic acids is 1. The number of benzene rings is 2. The Hall–Kier alpha value is -1.89. The zero-order chi connectivity index (χ0) is 15.5. The van der Waals surface area contributed by atoms with Crippen molar-refractivity contribution in [2.45, 2.75) is 51.4 Å². The Morgan fingerprint density at radius 1 is 1.05 bits per heavy atom. The van der Waals surface area contributed by atoms with E-state index in [1.54, 1.807) is 0 Å². The van der Waals surface area contributed by atoms with Crippen molar-refractivity contribution in [3.63, 3.8) is 0 Å². The molecule has 0 radical (unpaired) electrons. The first-order valence-electron chi connectivity index (χ1n) is 8.29. The summed E-state index contributed by atoms with van der Waals surface area (Å²) in [5, 5.41) is 0. The van der Waals surface area contributed by atoms with E-state index in [9.17, 15) is 4.79 Å². The molecule has 4 rings (SSSR count). The Labute approximate surface area is 132 Å². The summed E-state index contributed by atoms with van der Waals surface area (Å²) in [5.41, 5.74) is 7.58. The summed E-state index contributed by atoms with van der Waals surface area (Å²) < 4.78 is 0. The van der Waals surface area contributed by atoms with Gasteiger partial charge in [0.15, 0.2) is 5.78 Å². The van der Waals surface area contributed by atoms with Crippen molar-refractivity contribution in [3.8, 4) is 0 Å². The molecule has 0 amide bonds. The van der Waals surface area contributed by atoms with Gasteiger partial charge in [-0.15, -0.1) is 0 Å². The van der Waals surface area contributed by atoms with Crippen LogP contribution < -0.4 is 0 Å². The smallest absolute Gasteiger partial charge is 0.164 e. The van der Waals surface area contributed by atoms with Crippen LogP contribution in [-0.2, 0) is 11.8 Å². The molecule has 2 aliphatic rings. The lowest BCUT2D eigenvalue weighted by Gasteiger charge is -2.26. The first-order chi connectivity index (χ1) is 10.5. The van der Waals surface area contributed by atoms with Crippen LogP contribution in [0.25, 0.3) is 0 Å². The van der Waals surface area contributed by atoms with Crippen LogP contribution in [0.1, 0.15) is 70.8 Å². The molecule has 1 nitrogen and oxygen atoms in total. The Morgan fingerprint density at radius 2 is 1.86 bits per heavy atom. The topological polar surface area (TPSA) is 17.1 Å². The quantitative estimate of drug-likeness (QED) is 0.727. The fourth-order valence-corrected chi connectivity index (χ4v) is 4.33. The second-order valence-corrected chi connectivity index (χ2v) is 7.30. The Bertz CT molecular complexity index is 784. The van der Waals surface area contributed by atoms with Gasteiger partial charge in [0.2, 0.25) is 0 Å². The van der Waals surface area contributed by atoms with Gasteiger partial charge in [0, 0.05) is 17.4 Å². The molecule has 0 heterocycles. The van der Waals surface area contributed by atoms with E-state index in [0.29, 0.717) is 18.1 Å². The lowest BCUT2D eigenvalue weighted by atomic mass is 9.76. The van der Waals surface area contributed by atoms with Crippen LogP contribution in [0.3, 0.4) is 0 Å². The molecule has 0 fully saturated rings. The SMILES string of the molecule is Cc1ccc2c(c1)C1(CC2)CC(=O)c2cc(C(C)C)ccc21. The molecule has 1 unspecified atom stereocenters. The average Bonchev–Trinajstić information content (AvgIpc) is 2.99. The van der Waals surface area contributed by atoms with Gasteiger partial charge in [-0.1, -0.05) is 49.7 Å². The van der Waals surface area contributed by atoms with Gasteiger partial charge in [0.1, 0.15) is 0 Å². The summed E-state index contributed by atoms with van der Waals surface area (Å²) in [4.78, 5) is 12.7. The molecule has 1 spiro atoms. The first-order valence-corrected chi connectivity index (χ1v) is 8.29. The number of rotatable bonds is 1. The van der Waals surface area contributed by atoms with Crippen molar-refractivity contribution >= 4 is 5.78 Å². The Kier molecular flexibility index (Phi) is 2.84. The van der Waals surface area contributed by atoms with Gasteiger partial charge in [0.25, 0.3) is 0 Å². The standard InChI is InChI=1S/C21H22O/c1-13(2)16-6-7-18-17(11-16)20(22)12-21(18)9-8-15-5-4-14(3)10-19(15)21/h4-7,10-11,13H,8-9,12H2,1-3H3. The van der Waals surface area contributed by atoms with Crippen LogP contribution in [-0.4, -0.2) is 5.78 Å². The van der Waals surface area contributed by atoms with Crippen LogP contribution in [0, 0.1) is 6.92 Å². The molecule has 2 aliphatic carbocycles. The number of aryl methyl sites for hydroxylation is 2. The molecule has 2 aromatic carbocycles. The molecule has 2 aromatic rings. The second kappa shape index (κ2) is 4.55. The van der Waals surface area contributed by atoms with Crippen LogP contribution in [0.15, 0.2) is 36.4 Å². The summed E-state index contributed by atoms with van der Waals surface area (Å²) in [6, 6.07) is 13.3. The van der Waals surface area contributed by atoms with Crippen molar-refractivity contribution in [3.05, 3.63) is 69.8 Å². The van der Waals surface area contributed by atoms with Crippen molar-refractivity contribution in [1.82, 2.24) is 0 Å². The van der Waals surface area contributed by atoms with Gasteiger partial charge in [-0.25, -0.2) is 0 Å². The summed E-state index contributed by atoms with van der Waals surface area (Å²) in [6.07, 6.45) is 2.82. The van der Waals surface area contributed by atoms with Gasteiger partial charge in [-0.2, -0.15) is 0 Å². The van der Waals surface area contributed by atoms with E-state index >= 15 is 0 Å². The highest BCUT2D eigenvalue weighted by Gasteiger charge is 2.48. The van der Waals surface area contributed by atoms with E-state index in [1.807, 2.05) is 0 Å².